The molecule has 1 saturated heterocycles. The molecule has 0 bridgehead atoms. The Kier molecular flexibility index (Phi) is 4.68. The van der Waals surface area contributed by atoms with Gasteiger partial charge in [0.2, 0.25) is 0 Å². The third-order valence-corrected chi connectivity index (χ3v) is 5.06. The van der Waals surface area contributed by atoms with E-state index in [1.807, 2.05) is 31.2 Å². The number of hydrogen-bond donors (Lipinski definition) is 2. The lowest BCUT2D eigenvalue weighted by Gasteiger charge is -2.31. The minimum Gasteiger partial charge on any atom is -0.367 e. The second-order valence-electron chi connectivity index (χ2n) is 6.07. The van der Waals surface area contributed by atoms with Crippen molar-refractivity contribution in [2.75, 3.05) is 36.4 Å². The number of thiazole rings is 1. The molecule has 0 saturated carbocycles. The molecule has 1 fully saturated rings. The fraction of sp³-hybridized carbons (Fsp3) is 0.278. The van der Waals surface area contributed by atoms with Gasteiger partial charge in [-0.2, -0.15) is 0 Å². The molecule has 0 unspecified atom stereocenters. The molecule has 134 valence electrons. The van der Waals surface area contributed by atoms with Crippen molar-refractivity contribution in [2.45, 2.75) is 6.92 Å². The lowest BCUT2D eigenvalue weighted by atomic mass is 10.2. The standard InChI is InChI=1S/C18H19N5O2S/c1-12-10-14(22-25-12)18-21-15(11-26-18)17(24)20-13-4-2-3-5-16(13)23-8-6-19-7-9-23/h2-5,10-11,19H,6-9H2,1H3,(H,20,24). The maximum absolute atomic E-state index is 12.7. The topological polar surface area (TPSA) is 83.3 Å². The molecule has 1 amide bonds. The van der Waals surface area contributed by atoms with Gasteiger partial charge in [0.1, 0.15) is 22.2 Å². The predicted octanol–water partition coefficient (Wildman–Crippen LogP) is 2.77. The van der Waals surface area contributed by atoms with Crippen molar-refractivity contribution >= 4 is 28.6 Å². The van der Waals surface area contributed by atoms with Gasteiger partial charge in [-0.05, 0) is 19.1 Å². The average molecular weight is 369 g/mol. The smallest absolute Gasteiger partial charge is 0.275 e. The van der Waals surface area contributed by atoms with Crippen LogP contribution in [-0.4, -0.2) is 42.2 Å². The predicted molar refractivity (Wildman–Crippen MR) is 102 cm³/mol. The second-order valence-corrected chi connectivity index (χ2v) is 6.93. The Morgan fingerprint density at radius 2 is 2.12 bits per heavy atom. The van der Waals surface area contributed by atoms with Gasteiger partial charge < -0.3 is 20.1 Å². The van der Waals surface area contributed by atoms with Gasteiger partial charge in [0.25, 0.3) is 5.91 Å². The van der Waals surface area contributed by atoms with Gasteiger partial charge in [0.15, 0.2) is 0 Å². The minimum absolute atomic E-state index is 0.227. The largest absolute Gasteiger partial charge is 0.367 e. The van der Waals surface area contributed by atoms with Crippen LogP contribution in [0.2, 0.25) is 0 Å². The van der Waals surface area contributed by atoms with Crippen molar-refractivity contribution in [2.24, 2.45) is 0 Å². The summed E-state index contributed by atoms with van der Waals surface area (Å²) < 4.78 is 5.07. The Morgan fingerprint density at radius 3 is 2.88 bits per heavy atom. The summed E-state index contributed by atoms with van der Waals surface area (Å²) in [6.45, 7) is 5.53. The second kappa shape index (κ2) is 7.27. The SMILES string of the molecule is Cc1cc(-c2nc(C(=O)Nc3ccccc3N3CCNCC3)cs2)no1. The van der Waals surface area contributed by atoms with Crippen LogP contribution in [0, 0.1) is 6.92 Å². The summed E-state index contributed by atoms with van der Waals surface area (Å²) >= 11 is 1.37. The molecule has 2 N–H and O–H groups in total. The monoisotopic (exact) mass is 369 g/mol. The van der Waals surface area contributed by atoms with Crippen LogP contribution in [0.15, 0.2) is 40.2 Å². The van der Waals surface area contributed by atoms with Crippen molar-refractivity contribution < 1.29 is 9.32 Å². The molecule has 0 atom stereocenters. The fourth-order valence-corrected chi connectivity index (χ4v) is 3.66. The van der Waals surface area contributed by atoms with E-state index in [1.165, 1.54) is 11.3 Å². The first kappa shape index (κ1) is 16.7. The molecule has 1 aromatic carbocycles. The molecule has 26 heavy (non-hydrogen) atoms. The summed E-state index contributed by atoms with van der Waals surface area (Å²) in [6.07, 6.45) is 0. The van der Waals surface area contributed by atoms with Crippen LogP contribution in [-0.2, 0) is 0 Å². The molecule has 3 aromatic rings. The van der Waals surface area contributed by atoms with Gasteiger partial charge in [-0.1, -0.05) is 17.3 Å². The number of carbonyl (C=O) groups is 1. The van der Waals surface area contributed by atoms with E-state index in [4.69, 9.17) is 4.52 Å². The highest BCUT2D eigenvalue weighted by Crippen LogP contribution is 2.27. The lowest BCUT2D eigenvalue weighted by Crippen LogP contribution is -2.43. The molecule has 1 aliphatic heterocycles. The molecule has 0 aliphatic carbocycles. The first-order chi connectivity index (χ1) is 12.7. The van der Waals surface area contributed by atoms with Crippen molar-refractivity contribution in [3.63, 3.8) is 0 Å². The van der Waals surface area contributed by atoms with Gasteiger partial charge in [-0.15, -0.1) is 11.3 Å². The molecule has 3 heterocycles. The lowest BCUT2D eigenvalue weighted by molar-refractivity contribution is 0.102. The van der Waals surface area contributed by atoms with E-state index in [2.05, 4.69) is 25.7 Å². The van der Waals surface area contributed by atoms with Crippen LogP contribution in [0.5, 0.6) is 0 Å². The number of amides is 1. The Hall–Kier alpha value is -2.71. The third-order valence-electron chi connectivity index (χ3n) is 4.19. The first-order valence-electron chi connectivity index (χ1n) is 8.46. The maximum atomic E-state index is 12.7. The third kappa shape index (κ3) is 3.47. The summed E-state index contributed by atoms with van der Waals surface area (Å²) in [5, 5.41) is 12.7. The van der Waals surface area contributed by atoms with E-state index in [-0.39, 0.29) is 5.91 Å². The van der Waals surface area contributed by atoms with E-state index in [1.54, 1.807) is 11.4 Å². The van der Waals surface area contributed by atoms with E-state index in [9.17, 15) is 4.79 Å². The van der Waals surface area contributed by atoms with Gasteiger partial charge in [0, 0.05) is 37.6 Å². The molecular formula is C18H19N5O2S. The quantitative estimate of drug-likeness (QED) is 0.736. The van der Waals surface area contributed by atoms with Crippen LogP contribution in [0.1, 0.15) is 16.2 Å². The number of nitrogens with one attached hydrogen (secondary N) is 2. The van der Waals surface area contributed by atoms with Crippen molar-refractivity contribution in [3.8, 4) is 10.7 Å². The zero-order valence-electron chi connectivity index (χ0n) is 14.4. The Labute approximate surface area is 155 Å². The first-order valence-corrected chi connectivity index (χ1v) is 9.34. The number of aromatic nitrogens is 2. The number of carbonyl (C=O) groups excluding carboxylic acids is 1. The molecule has 1 aliphatic rings. The highest BCUT2D eigenvalue weighted by Gasteiger charge is 2.18. The van der Waals surface area contributed by atoms with E-state index < -0.39 is 0 Å². The summed E-state index contributed by atoms with van der Waals surface area (Å²) in [6, 6.07) is 9.67. The minimum atomic E-state index is -0.227. The number of hydrogen-bond acceptors (Lipinski definition) is 7. The highest BCUT2D eigenvalue weighted by atomic mass is 32.1. The molecule has 8 heteroatoms. The summed E-state index contributed by atoms with van der Waals surface area (Å²) in [5.74, 6) is 0.487. The summed E-state index contributed by atoms with van der Waals surface area (Å²) in [7, 11) is 0. The zero-order valence-corrected chi connectivity index (χ0v) is 15.2. The number of rotatable bonds is 4. The zero-order chi connectivity index (χ0) is 17.9. The average Bonchev–Trinajstić information content (AvgIpc) is 3.32. The number of piperazine rings is 1. The number of anilines is 2. The maximum Gasteiger partial charge on any atom is 0.275 e. The fourth-order valence-electron chi connectivity index (χ4n) is 2.91. The summed E-state index contributed by atoms with van der Waals surface area (Å²) in [4.78, 5) is 19.3. The van der Waals surface area contributed by atoms with E-state index >= 15 is 0 Å². The molecule has 0 radical (unpaired) electrons. The molecule has 7 nitrogen and oxygen atoms in total. The Bertz CT molecular complexity index is 914. The number of para-hydroxylation sites is 2. The normalized spacial score (nSPS) is 14.4. The van der Waals surface area contributed by atoms with Gasteiger partial charge in [0.05, 0.1) is 11.4 Å². The van der Waals surface area contributed by atoms with Crippen molar-refractivity contribution in [1.29, 1.82) is 0 Å². The highest BCUT2D eigenvalue weighted by molar-refractivity contribution is 7.13. The molecule has 4 rings (SSSR count). The van der Waals surface area contributed by atoms with Crippen LogP contribution in [0.25, 0.3) is 10.7 Å². The van der Waals surface area contributed by atoms with E-state index in [0.717, 1.165) is 37.6 Å². The Balaban J connectivity index is 1.53. The van der Waals surface area contributed by atoms with Crippen LogP contribution in [0.4, 0.5) is 11.4 Å². The van der Waals surface area contributed by atoms with E-state index in [0.29, 0.717) is 22.2 Å². The summed E-state index contributed by atoms with van der Waals surface area (Å²) in [5.41, 5.74) is 2.85. The van der Waals surface area contributed by atoms with Gasteiger partial charge in [-0.3, -0.25) is 4.79 Å². The van der Waals surface area contributed by atoms with Gasteiger partial charge >= 0.3 is 0 Å². The number of aryl methyl sites for hydroxylation is 1. The van der Waals surface area contributed by atoms with Crippen LogP contribution < -0.4 is 15.5 Å². The van der Waals surface area contributed by atoms with Crippen LogP contribution in [0.3, 0.4) is 0 Å². The number of benzene rings is 1. The van der Waals surface area contributed by atoms with Gasteiger partial charge in [-0.25, -0.2) is 4.98 Å². The van der Waals surface area contributed by atoms with Crippen molar-refractivity contribution in [3.05, 3.63) is 47.2 Å². The molecular weight excluding hydrogens is 350 g/mol. The number of nitrogens with zero attached hydrogens (tertiary/aromatic N) is 3. The molecule has 0 spiro atoms. The van der Waals surface area contributed by atoms with Crippen molar-refractivity contribution in [1.82, 2.24) is 15.5 Å². The van der Waals surface area contributed by atoms with Crippen LogP contribution >= 0.6 is 11.3 Å². The molecule has 2 aromatic heterocycles. The Morgan fingerprint density at radius 1 is 1.31 bits per heavy atom.